The van der Waals surface area contributed by atoms with Crippen molar-refractivity contribution < 1.29 is 4.79 Å². The third-order valence-corrected chi connectivity index (χ3v) is 5.71. The van der Waals surface area contributed by atoms with Gasteiger partial charge < -0.3 is 10.3 Å². The number of carbonyl (C=O) groups excluding carboxylic acids is 1. The minimum atomic E-state index is 0.0547. The van der Waals surface area contributed by atoms with Crippen LogP contribution in [0.25, 0.3) is 33.2 Å². The highest BCUT2D eigenvalue weighted by Gasteiger charge is 2.15. The van der Waals surface area contributed by atoms with Crippen molar-refractivity contribution in [2.75, 3.05) is 0 Å². The van der Waals surface area contributed by atoms with Gasteiger partial charge in [0.25, 0.3) is 0 Å². The van der Waals surface area contributed by atoms with Crippen LogP contribution in [0.3, 0.4) is 0 Å². The van der Waals surface area contributed by atoms with Gasteiger partial charge in [-0.2, -0.15) is 0 Å². The maximum absolute atomic E-state index is 12.4. The highest BCUT2D eigenvalue weighted by atomic mass is 16.1. The van der Waals surface area contributed by atoms with Crippen molar-refractivity contribution in [3.05, 3.63) is 96.3 Å². The Balaban J connectivity index is 1.34. The molecule has 32 heavy (non-hydrogen) atoms. The number of H-pyrrole nitrogens is 1. The molecule has 5 nitrogen and oxygen atoms in total. The molecule has 0 aliphatic rings. The van der Waals surface area contributed by atoms with E-state index in [2.05, 4.69) is 51.7 Å². The van der Waals surface area contributed by atoms with E-state index >= 15 is 0 Å². The highest BCUT2D eigenvalue weighted by Crippen LogP contribution is 2.31. The molecule has 158 valence electrons. The number of para-hydroxylation sites is 2. The van der Waals surface area contributed by atoms with Gasteiger partial charge in [0, 0.05) is 41.6 Å². The first-order valence-electron chi connectivity index (χ1n) is 10.9. The van der Waals surface area contributed by atoms with E-state index in [1.165, 1.54) is 10.9 Å². The number of carbonyl (C=O) groups is 1. The highest BCUT2D eigenvalue weighted by molar-refractivity contribution is 5.91. The third kappa shape index (κ3) is 4.23. The van der Waals surface area contributed by atoms with Crippen LogP contribution in [0.2, 0.25) is 0 Å². The molecule has 1 amide bonds. The van der Waals surface area contributed by atoms with E-state index in [1.54, 1.807) is 12.4 Å². The number of fused-ring (bicyclic) bond motifs is 2. The molecule has 3 aromatic heterocycles. The van der Waals surface area contributed by atoms with Crippen molar-refractivity contribution in [3.63, 3.8) is 0 Å². The fourth-order valence-corrected chi connectivity index (χ4v) is 4.10. The Morgan fingerprint density at radius 2 is 1.81 bits per heavy atom. The smallest absolute Gasteiger partial charge is 0.220 e. The third-order valence-electron chi connectivity index (χ3n) is 5.71. The molecule has 0 fully saturated rings. The van der Waals surface area contributed by atoms with E-state index in [0.29, 0.717) is 13.0 Å². The van der Waals surface area contributed by atoms with Crippen LogP contribution in [0.5, 0.6) is 0 Å². The molecule has 2 aromatic carbocycles. The summed E-state index contributed by atoms with van der Waals surface area (Å²) in [7, 11) is 0. The molecule has 0 atom stereocenters. The van der Waals surface area contributed by atoms with Gasteiger partial charge in [0.05, 0.1) is 16.9 Å². The lowest BCUT2D eigenvalue weighted by Crippen LogP contribution is -2.22. The lowest BCUT2D eigenvalue weighted by molar-refractivity contribution is -0.121. The van der Waals surface area contributed by atoms with E-state index in [9.17, 15) is 4.79 Å². The molecule has 0 spiro atoms. The average molecular weight is 421 g/mol. The fourth-order valence-electron chi connectivity index (χ4n) is 4.10. The lowest BCUT2D eigenvalue weighted by Gasteiger charge is -2.07. The van der Waals surface area contributed by atoms with E-state index in [0.717, 1.165) is 46.2 Å². The first kappa shape index (κ1) is 19.9. The van der Waals surface area contributed by atoms with E-state index in [4.69, 9.17) is 4.98 Å². The number of benzene rings is 2. The van der Waals surface area contributed by atoms with Gasteiger partial charge in [-0.25, -0.2) is 4.98 Å². The van der Waals surface area contributed by atoms with Crippen LogP contribution in [-0.2, 0) is 17.8 Å². The molecule has 0 saturated heterocycles. The molecule has 3 heterocycles. The Morgan fingerprint density at radius 1 is 0.938 bits per heavy atom. The summed E-state index contributed by atoms with van der Waals surface area (Å²) in [6, 6.07) is 24.5. The molecular weight excluding hydrogens is 396 g/mol. The van der Waals surface area contributed by atoms with Crippen molar-refractivity contribution in [2.24, 2.45) is 0 Å². The summed E-state index contributed by atoms with van der Waals surface area (Å²) in [5.74, 6) is 0.0547. The normalized spacial score (nSPS) is 11.1. The van der Waals surface area contributed by atoms with Crippen molar-refractivity contribution in [1.29, 1.82) is 0 Å². The molecule has 2 N–H and O–H groups in total. The van der Waals surface area contributed by atoms with Crippen molar-refractivity contribution in [1.82, 2.24) is 20.3 Å². The van der Waals surface area contributed by atoms with Gasteiger partial charge in [-0.1, -0.05) is 48.5 Å². The molecule has 0 radical (unpaired) electrons. The number of hydrogen-bond acceptors (Lipinski definition) is 3. The number of pyridine rings is 2. The fraction of sp³-hybridized carbons (Fsp3) is 0.148. The second-order valence-corrected chi connectivity index (χ2v) is 7.90. The summed E-state index contributed by atoms with van der Waals surface area (Å²) in [5.41, 5.74) is 6.24. The number of aromatic nitrogens is 3. The van der Waals surface area contributed by atoms with Crippen LogP contribution >= 0.6 is 0 Å². The summed E-state index contributed by atoms with van der Waals surface area (Å²) in [6.45, 7) is 0.506. The van der Waals surface area contributed by atoms with Crippen LogP contribution < -0.4 is 5.32 Å². The molecule has 0 bridgehead atoms. The van der Waals surface area contributed by atoms with Crippen LogP contribution in [0.1, 0.15) is 24.0 Å². The minimum absolute atomic E-state index is 0.0547. The zero-order valence-electron chi connectivity index (χ0n) is 17.7. The number of nitrogens with one attached hydrogen (secondary N) is 2. The van der Waals surface area contributed by atoms with Crippen LogP contribution in [0, 0.1) is 0 Å². The summed E-state index contributed by atoms with van der Waals surface area (Å²) < 4.78 is 0. The number of aromatic amines is 1. The molecule has 5 rings (SSSR count). The van der Waals surface area contributed by atoms with Crippen LogP contribution in [0.4, 0.5) is 0 Å². The number of rotatable bonds is 7. The minimum Gasteiger partial charge on any atom is -0.353 e. The number of hydrogen-bond donors (Lipinski definition) is 2. The Labute approximate surface area is 186 Å². The SMILES string of the molecule is O=C(CCCc1c(-c2ccc3ccccc3n2)[nH]c2ccccc12)NCc1cccnc1. The summed E-state index contributed by atoms with van der Waals surface area (Å²) >= 11 is 0. The van der Waals surface area contributed by atoms with E-state index in [-0.39, 0.29) is 5.91 Å². The van der Waals surface area contributed by atoms with Gasteiger partial charge in [-0.05, 0) is 48.2 Å². The van der Waals surface area contributed by atoms with Gasteiger partial charge >= 0.3 is 0 Å². The summed E-state index contributed by atoms with van der Waals surface area (Å²) in [5, 5.41) is 5.30. The molecule has 0 aliphatic heterocycles. The van der Waals surface area contributed by atoms with Crippen molar-refractivity contribution in [3.8, 4) is 11.4 Å². The molecule has 0 aliphatic carbocycles. The van der Waals surface area contributed by atoms with E-state index < -0.39 is 0 Å². The molecule has 5 aromatic rings. The van der Waals surface area contributed by atoms with Gasteiger partial charge in [0.15, 0.2) is 0 Å². The zero-order chi connectivity index (χ0) is 21.8. The number of amides is 1. The lowest BCUT2D eigenvalue weighted by atomic mass is 10.0. The Kier molecular flexibility index (Phi) is 5.62. The predicted octanol–water partition coefficient (Wildman–Crippen LogP) is 5.42. The molecule has 0 saturated carbocycles. The summed E-state index contributed by atoms with van der Waals surface area (Å²) in [4.78, 5) is 24.9. The monoisotopic (exact) mass is 420 g/mol. The Morgan fingerprint density at radius 3 is 2.72 bits per heavy atom. The Bertz CT molecular complexity index is 1370. The van der Waals surface area contributed by atoms with Gasteiger partial charge in [-0.3, -0.25) is 9.78 Å². The topological polar surface area (TPSA) is 70.7 Å². The standard InChI is InChI=1S/C27H24N4O/c32-26(29-18-19-7-6-16-28-17-19)13-5-10-22-21-9-2-4-12-24(21)31-27(22)25-15-14-20-8-1-3-11-23(20)30-25/h1-4,6-9,11-12,14-17,31H,5,10,13,18H2,(H,29,32). The Hall–Kier alpha value is -3.99. The predicted molar refractivity (Wildman–Crippen MR) is 128 cm³/mol. The second-order valence-electron chi connectivity index (χ2n) is 7.90. The number of nitrogens with zero attached hydrogens (tertiary/aromatic N) is 2. The maximum atomic E-state index is 12.4. The number of aryl methyl sites for hydroxylation is 1. The maximum Gasteiger partial charge on any atom is 0.220 e. The zero-order valence-corrected chi connectivity index (χ0v) is 17.7. The first-order valence-corrected chi connectivity index (χ1v) is 10.9. The molecular formula is C27H24N4O. The second kappa shape index (κ2) is 9.02. The first-order chi connectivity index (χ1) is 15.8. The molecule has 5 heteroatoms. The summed E-state index contributed by atoms with van der Waals surface area (Å²) in [6.07, 6.45) is 5.55. The van der Waals surface area contributed by atoms with E-state index in [1.807, 2.05) is 36.4 Å². The van der Waals surface area contributed by atoms with Gasteiger partial charge in [0.2, 0.25) is 5.91 Å². The largest absolute Gasteiger partial charge is 0.353 e. The van der Waals surface area contributed by atoms with Crippen LogP contribution in [-0.4, -0.2) is 20.9 Å². The average Bonchev–Trinajstić information content (AvgIpc) is 3.22. The van der Waals surface area contributed by atoms with Crippen LogP contribution in [0.15, 0.2) is 85.2 Å². The quantitative estimate of drug-likeness (QED) is 0.369. The van der Waals surface area contributed by atoms with Gasteiger partial charge in [-0.15, -0.1) is 0 Å². The van der Waals surface area contributed by atoms with Crippen molar-refractivity contribution >= 4 is 27.7 Å². The van der Waals surface area contributed by atoms with Gasteiger partial charge in [0.1, 0.15) is 0 Å². The molecule has 0 unspecified atom stereocenters. The van der Waals surface area contributed by atoms with Crippen molar-refractivity contribution in [2.45, 2.75) is 25.8 Å².